The van der Waals surface area contributed by atoms with Gasteiger partial charge in [-0.05, 0) is 104 Å². The van der Waals surface area contributed by atoms with Crippen molar-refractivity contribution in [1.29, 1.82) is 5.26 Å². The summed E-state index contributed by atoms with van der Waals surface area (Å²) in [7, 11) is 0. The Morgan fingerprint density at radius 2 is 0.778 bits per heavy atom. The minimum atomic E-state index is -5.10. The average molecular weight is 755 g/mol. The molecule has 0 saturated carbocycles. The maximum absolute atomic E-state index is 13.6. The van der Waals surface area contributed by atoms with Crippen LogP contribution in [0.4, 0.5) is 52.7 Å². The number of hydrogen-bond acceptors (Lipinski definition) is 3. The molecule has 0 heterocycles. The predicted molar refractivity (Wildman–Crippen MR) is 173 cm³/mol. The molecule has 0 amide bonds. The monoisotopic (exact) mass is 754 g/mol. The van der Waals surface area contributed by atoms with Crippen LogP contribution < -0.4 is 10.7 Å². The Hall–Kier alpha value is -6.42. The molecule has 7 aromatic rings. The van der Waals surface area contributed by atoms with E-state index in [0.717, 1.165) is 0 Å². The molecule has 0 fully saturated rings. The molecule has 0 aliphatic heterocycles. The Bertz CT molecular complexity index is 2640. The number of nitriles is 1. The Morgan fingerprint density at radius 3 is 1.13 bits per heavy atom. The first-order valence-electron chi connectivity index (χ1n) is 15.2. The Labute approximate surface area is 293 Å². The van der Waals surface area contributed by atoms with Gasteiger partial charge in [0, 0.05) is 21.5 Å². The normalized spacial score (nSPS) is 13.7. The molecule has 270 valence electrons. The van der Waals surface area contributed by atoms with Gasteiger partial charge >= 0.3 is 24.7 Å². The third kappa shape index (κ3) is 6.13. The van der Waals surface area contributed by atoms with Gasteiger partial charge in [0.2, 0.25) is 6.19 Å². The Morgan fingerprint density at radius 1 is 0.426 bits per heavy atom. The molecule has 0 aliphatic carbocycles. The van der Waals surface area contributed by atoms with Crippen LogP contribution in [0, 0.1) is 18.0 Å². The number of benzene rings is 5. The van der Waals surface area contributed by atoms with Crippen molar-refractivity contribution in [3.05, 3.63) is 129 Å². The summed E-state index contributed by atoms with van der Waals surface area (Å²) >= 11 is 0. The summed E-state index contributed by atoms with van der Waals surface area (Å²) in [6.07, 6.45) is -18.7. The lowest BCUT2D eigenvalue weighted by atomic mass is 9.97. The lowest BCUT2D eigenvalue weighted by molar-refractivity contribution is -0.144. The van der Waals surface area contributed by atoms with E-state index in [1.807, 2.05) is 0 Å². The Kier molecular flexibility index (Phi) is 8.03. The summed E-state index contributed by atoms with van der Waals surface area (Å²) in [5.74, 6) is 0. The highest BCUT2D eigenvalue weighted by molar-refractivity contribution is 6.21. The molecule has 7 aromatic carbocycles. The maximum Gasteiger partial charge on any atom is 0.416 e. The molecule has 0 bridgehead atoms. The van der Waals surface area contributed by atoms with Gasteiger partial charge in [0.05, 0.1) is 32.7 Å². The largest absolute Gasteiger partial charge is 0.416 e. The summed E-state index contributed by atoms with van der Waals surface area (Å²) in [5, 5.41) is 16.1. The first-order chi connectivity index (χ1) is 25.2. The van der Waals surface area contributed by atoms with E-state index in [1.54, 1.807) is 18.3 Å². The molecule has 0 saturated heterocycles. The van der Waals surface area contributed by atoms with E-state index in [9.17, 15) is 57.9 Å². The zero-order valence-electron chi connectivity index (χ0n) is 26.4. The summed E-state index contributed by atoms with van der Waals surface area (Å²) in [4.78, 5) is 7.00. The smallest absolute Gasteiger partial charge is 0.181 e. The van der Waals surface area contributed by atoms with Gasteiger partial charge in [0.15, 0.2) is 5.36 Å². The summed E-state index contributed by atoms with van der Waals surface area (Å²) in [6, 6.07) is 13.4. The van der Waals surface area contributed by atoms with Crippen LogP contribution in [0.15, 0.2) is 95.0 Å². The quantitative estimate of drug-likeness (QED) is 0.0750. The molecular weight excluding hydrogens is 740 g/mol. The van der Waals surface area contributed by atoms with Crippen molar-refractivity contribution in [2.24, 2.45) is 10.1 Å². The molecule has 16 heteroatoms. The van der Waals surface area contributed by atoms with Crippen molar-refractivity contribution in [1.82, 2.24) is 0 Å². The number of rotatable bonds is 2. The number of fused-ring (bicyclic) bond motifs is 6. The average Bonchev–Trinajstić information content (AvgIpc) is 3.56. The maximum atomic E-state index is 13.6. The summed E-state index contributed by atoms with van der Waals surface area (Å²) in [6.45, 7) is 7.42. The van der Waals surface area contributed by atoms with Gasteiger partial charge in [0.25, 0.3) is 0 Å². The van der Waals surface area contributed by atoms with Crippen LogP contribution in [0.2, 0.25) is 0 Å². The van der Waals surface area contributed by atoms with Gasteiger partial charge in [0.1, 0.15) is 0 Å². The second-order valence-corrected chi connectivity index (χ2v) is 12.2. The molecule has 4 nitrogen and oxygen atoms in total. The fourth-order valence-corrected chi connectivity index (χ4v) is 6.61. The highest BCUT2D eigenvalue weighted by atomic mass is 19.4. The summed E-state index contributed by atoms with van der Waals surface area (Å²) in [5.41, 5.74) is -7.01. The third-order valence-corrected chi connectivity index (χ3v) is 8.95. The lowest BCUT2D eigenvalue weighted by Gasteiger charge is -2.14. The van der Waals surface area contributed by atoms with E-state index >= 15 is 0 Å². The van der Waals surface area contributed by atoms with Gasteiger partial charge in [-0.3, -0.25) is 0 Å². The lowest BCUT2D eigenvalue weighted by Crippen LogP contribution is -2.11. The van der Waals surface area contributed by atoms with Crippen molar-refractivity contribution < 1.29 is 52.7 Å². The van der Waals surface area contributed by atoms with Crippen LogP contribution in [0.25, 0.3) is 70.3 Å². The second-order valence-electron chi connectivity index (χ2n) is 12.2. The number of halogens is 12. The summed E-state index contributed by atoms with van der Waals surface area (Å²) < 4.78 is 163. The van der Waals surface area contributed by atoms with E-state index in [-0.39, 0.29) is 44.7 Å². The minimum absolute atomic E-state index is 0.000673. The van der Waals surface area contributed by atoms with Gasteiger partial charge in [-0.25, -0.2) is 0 Å². The zero-order valence-corrected chi connectivity index (χ0v) is 26.4. The van der Waals surface area contributed by atoms with Crippen LogP contribution in [-0.2, 0) is 24.7 Å². The van der Waals surface area contributed by atoms with Crippen LogP contribution in [0.3, 0.4) is 0 Å². The first-order valence-corrected chi connectivity index (χ1v) is 15.2. The van der Waals surface area contributed by atoms with Crippen LogP contribution in [-0.4, -0.2) is 0 Å². The van der Waals surface area contributed by atoms with E-state index < -0.39 is 58.1 Å². The van der Waals surface area contributed by atoms with Crippen molar-refractivity contribution in [2.45, 2.75) is 24.7 Å². The fourth-order valence-electron chi connectivity index (χ4n) is 6.61. The van der Waals surface area contributed by atoms with Gasteiger partial charge in [-0.1, -0.05) is 24.3 Å². The molecule has 0 atom stereocenters. The highest BCUT2D eigenvalue weighted by Gasteiger charge is 2.38. The molecule has 0 N–H and O–H groups in total. The van der Waals surface area contributed by atoms with Crippen molar-refractivity contribution in [3.63, 3.8) is 0 Å². The number of alkyl halides is 12. The van der Waals surface area contributed by atoms with Crippen LogP contribution >= 0.6 is 0 Å². The topological polar surface area (TPSA) is 52.9 Å². The van der Waals surface area contributed by atoms with Crippen LogP contribution in [0.5, 0.6) is 0 Å². The van der Waals surface area contributed by atoms with Gasteiger partial charge in [-0.15, -0.1) is 4.95 Å². The zero-order chi connectivity index (χ0) is 39.1. The van der Waals surface area contributed by atoms with Crippen LogP contribution in [0.1, 0.15) is 22.3 Å². The van der Waals surface area contributed by atoms with E-state index in [0.29, 0.717) is 56.6 Å². The fraction of sp³-hybridized carbons (Fsp3) is 0.105. The van der Waals surface area contributed by atoms with Gasteiger partial charge in [-0.2, -0.15) is 69.5 Å². The number of hydrogen-bond donors (Lipinski definition) is 0. The molecule has 54 heavy (non-hydrogen) atoms. The van der Waals surface area contributed by atoms with Crippen molar-refractivity contribution in [2.75, 3.05) is 0 Å². The highest BCUT2D eigenvalue weighted by Crippen LogP contribution is 2.42. The van der Waals surface area contributed by atoms with Crippen molar-refractivity contribution >= 4 is 43.1 Å². The molecule has 7 rings (SSSR count). The molecular formula is C38H14F12N4. The predicted octanol–water partition coefficient (Wildman–Crippen LogP) is 11.7. The van der Waals surface area contributed by atoms with Gasteiger partial charge < -0.3 is 0 Å². The van der Waals surface area contributed by atoms with E-state index in [4.69, 9.17) is 6.57 Å². The van der Waals surface area contributed by atoms with E-state index in [2.05, 4.69) is 15.0 Å². The third-order valence-electron chi connectivity index (χ3n) is 8.95. The first kappa shape index (κ1) is 36.0. The second kappa shape index (κ2) is 12.1. The molecule has 0 aromatic heterocycles. The Balaban J connectivity index is 1.48. The SMILES string of the molecule is [C-]#[N+]/N=c1\c2cc(-c3cc(C(F)(F)F)cc(C(F)(F)F)c3)ccc2c2cc3c(=NC#N)c4cc(-c5cc(C(F)(F)F)cc(C(F)(F)F)c5)ccc4c3cc12. The van der Waals surface area contributed by atoms with Crippen molar-refractivity contribution in [3.8, 4) is 28.4 Å². The standard InChI is InChI=1S/C38H14F12N4/c1-52-54-34-30-11-18(20-8-23(37(45,46)47)13-24(9-20)38(48,49)50)3-5-26(30)28-14-31-27(15-32(28)34)25-4-2-17(10-29(25)33(31)53-16-51)19-6-21(35(39,40)41)12-22(7-19)36(42,43)44/h2-15H/b53-33?,54-34+. The molecule has 0 spiro atoms. The minimum Gasteiger partial charge on any atom is -0.181 e. The van der Waals surface area contributed by atoms with E-state index in [1.165, 1.54) is 36.4 Å². The molecule has 0 radical (unpaired) electrons. The molecule has 0 aliphatic rings. The number of nitrogens with zero attached hydrogens (tertiary/aromatic N) is 4. The molecule has 0 unspecified atom stereocenters.